The van der Waals surface area contributed by atoms with Gasteiger partial charge in [-0.15, -0.1) is 0 Å². The van der Waals surface area contributed by atoms with E-state index in [0.29, 0.717) is 21.6 Å². The molecule has 0 spiro atoms. The van der Waals surface area contributed by atoms with Gasteiger partial charge >= 0.3 is 0 Å². The van der Waals surface area contributed by atoms with Crippen molar-refractivity contribution in [3.8, 4) is 0 Å². The summed E-state index contributed by atoms with van der Waals surface area (Å²) in [7, 11) is -2.82. The summed E-state index contributed by atoms with van der Waals surface area (Å²) in [6.07, 6.45) is 0.760. The number of benzene rings is 1. The lowest BCUT2D eigenvalue weighted by Gasteiger charge is -2.38. The molecule has 2 heterocycles. The summed E-state index contributed by atoms with van der Waals surface area (Å²) in [5, 5.41) is 4.62. The largest absolute Gasteiger partial charge is 0.346 e. The Kier molecular flexibility index (Phi) is 5.10. The number of sulfone groups is 1. The van der Waals surface area contributed by atoms with Gasteiger partial charge in [-0.1, -0.05) is 11.6 Å². The second kappa shape index (κ2) is 6.93. The topological polar surface area (TPSA) is 52.7 Å². The maximum atomic E-state index is 11.6. The average Bonchev–Trinajstić information content (AvgIpc) is 2.90. The predicted molar refractivity (Wildman–Crippen MR) is 97.9 cm³/mol. The molecule has 1 aromatic rings. The third-order valence-corrected chi connectivity index (χ3v) is 6.78. The Hall–Kier alpha value is -0.890. The summed E-state index contributed by atoms with van der Waals surface area (Å²) < 4.78 is 23.2. The molecule has 0 bridgehead atoms. The van der Waals surface area contributed by atoms with E-state index in [2.05, 4.69) is 15.1 Å². The molecule has 23 heavy (non-hydrogen) atoms. The number of nitrogens with one attached hydrogen (secondary N) is 1. The Labute approximate surface area is 147 Å². The van der Waals surface area contributed by atoms with Crippen molar-refractivity contribution in [3.63, 3.8) is 0 Å². The Bertz CT molecular complexity index is 670. The monoisotopic (exact) mass is 373 g/mol. The van der Waals surface area contributed by atoms with Crippen LogP contribution in [-0.4, -0.2) is 67.1 Å². The molecule has 0 aromatic heterocycles. The standard InChI is InChI=1S/C15H20ClN3O2S2/c16-12-1-3-13(4-2-12)17-15(22)19-8-6-18(7-9-19)14-5-10-23(20,21)11-14/h1-4,14H,5-11H2,(H,17,22)/t14-/m1/s1. The fourth-order valence-corrected chi connectivity index (χ4v) is 5.28. The zero-order valence-electron chi connectivity index (χ0n) is 12.7. The van der Waals surface area contributed by atoms with Gasteiger partial charge in [-0.25, -0.2) is 8.42 Å². The van der Waals surface area contributed by atoms with Gasteiger partial charge in [0.15, 0.2) is 14.9 Å². The summed E-state index contributed by atoms with van der Waals surface area (Å²) >= 11 is 11.3. The summed E-state index contributed by atoms with van der Waals surface area (Å²) in [4.78, 5) is 4.41. The Morgan fingerprint density at radius 2 is 1.83 bits per heavy atom. The number of anilines is 1. The number of halogens is 1. The number of hydrogen-bond donors (Lipinski definition) is 1. The van der Waals surface area contributed by atoms with Gasteiger partial charge < -0.3 is 10.2 Å². The minimum absolute atomic E-state index is 0.181. The van der Waals surface area contributed by atoms with Gasteiger partial charge in [0, 0.05) is 42.9 Å². The zero-order chi connectivity index (χ0) is 16.4. The van der Waals surface area contributed by atoms with Crippen LogP contribution >= 0.6 is 23.8 Å². The van der Waals surface area contributed by atoms with Crippen molar-refractivity contribution >= 4 is 44.5 Å². The molecule has 0 aliphatic carbocycles. The first-order chi connectivity index (χ1) is 10.9. The lowest BCUT2D eigenvalue weighted by atomic mass is 10.2. The van der Waals surface area contributed by atoms with Crippen LogP contribution in [0.5, 0.6) is 0 Å². The molecule has 1 atom stereocenters. The molecule has 0 unspecified atom stereocenters. The van der Waals surface area contributed by atoms with Crippen LogP contribution in [0.25, 0.3) is 0 Å². The van der Waals surface area contributed by atoms with Crippen LogP contribution in [0.4, 0.5) is 5.69 Å². The Morgan fingerprint density at radius 1 is 1.17 bits per heavy atom. The zero-order valence-corrected chi connectivity index (χ0v) is 15.1. The minimum atomic E-state index is -2.82. The highest BCUT2D eigenvalue weighted by Crippen LogP contribution is 2.20. The van der Waals surface area contributed by atoms with Crippen molar-refractivity contribution in [1.82, 2.24) is 9.80 Å². The van der Waals surface area contributed by atoms with Crippen LogP contribution < -0.4 is 5.32 Å². The third kappa shape index (κ3) is 4.35. The van der Waals surface area contributed by atoms with Crippen molar-refractivity contribution in [3.05, 3.63) is 29.3 Å². The highest BCUT2D eigenvalue weighted by molar-refractivity contribution is 7.91. The van der Waals surface area contributed by atoms with Crippen molar-refractivity contribution < 1.29 is 8.42 Å². The van der Waals surface area contributed by atoms with E-state index in [1.54, 1.807) is 0 Å². The molecule has 1 N–H and O–H groups in total. The van der Waals surface area contributed by atoms with E-state index in [4.69, 9.17) is 23.8 Å². The van der Waals surface area contributed by atoms with Gasteiger partial charge in [0.05, 0.1) is 11.5 Å². The Balaban J connectivity index is 1.50. The van der Waals surface area contributed by atoms with Crippen LogP contribution in [-0.2, 0) is 9.84 Å². The van der Waals surface area contributed by atoms with Crippen molar-refractivity contribution in [1.29, 1.82) is 0 Å². The van der Waals surface area contributed by atoms with Gasteiger partial charge in [0.1, 0.15) is 0 Å². The normalized spacial score (nSPS) is 24.6. The van der Waals surface area contributed by atoms with Crippen molar-refractivity contribution in [2.75, 3.05) is 43.0 Å². The van der Waals surface area contributed by atoms with Gasteiger partial charge in [0.2, 0.25) is 0 Å². The lowest BCUT2D eigenvalue weighted by Crippen LogP contribution is -2.53. The van der Waals surface area contributed by atoms with E-state index in [0.717, 1.165) is 38.3 Å². The lowest BCUT2D eigenvalue weighted by molar-refractivity contribution is 0.144. The molecule has 2 aliphatic heterocycles. The molecule has 0 radical (unpaired) electrons. The summed E-state index contributed by atoms with van der Waals surface area (Å²) in [6.45, 7) is 3.33. The summed E-state index contributed by atoms with van der Waals surface area (Å²) in [5.41, 5.74) is 0.920. The molecular formula is C15H20ClN3O2S2. The van der Waals surface area contributed by atoms with E-state index < -0.39 is 9.84 Å². The van der Waals surface area contributed by atoms with Crippen LogP contribution in [0.15, 0.2) is 24.3 Å². The highest BCUT2D eigenvalue weighted by atomic mass is 35.5. The summed E-state index contributed by atoms with van der Waals surface area (Å²) in [5.74, 6) is 0.634. The van der Waals surface area contributed by atoms with E-state index in [9.17, 15) is 8.42 Å². The maximum absolute atomic E-state index is 11.6. The van der Waals surface area contributed by atoms with E-state index >= 15 is 0 Å². The average molecular weight is 374 g/mol. The minimum Gasteiger partial charge on any atom is -0.346 e. The number of rotatable bonds is 2. The number of thiocarbonyl (C=S) groups is 1. The second-order valence-electron chi connectivity index (χ2n) is 6.02. The van der Waals surface area contributed by atoms with Crippen molar-refractivity contribution in [2.24, 2.45) is 0 Å². The highest BCUT2D eigenvalue weighted by Gasteiger charge is 2.33. The SMILES string of the molecule is O=S1(=O)CC[C@@H](N2CCN(C(=S)Nc3ccc(Cl)cc3)CC2)C1. The number of nitrogens with zero attached hydrogens (tertiary/aromatic N) is 2. The maximum Gasteiger partial charge on any atom is 0.173 e. The van der Waals surface area contributed by atoms with Crippen LogP contribution in [0, 0.1) is 0 Å². The quantitative estimate of drug-likeness (QED) is 0.798. The van der Waals surface area contributed by atoms with E-state index in [-0.39, 0.29) is 6.04 Å². The first kappa shape index (κ1) is 17.0. The van der Waals surface area contributed by atoms with Gasteiger partial charge in [-0.05, 0) is 42.9 Å². The van der Waals surface area contributed by atoms with Crippen molar-refractivity contribution in [2.45, 2.75) is 12.5 Å². The molecule has 2 fully saturated rings. The molecular weight excluding hydrogens is 354 g/mol. The van der Waals surface area contributed by atoms with Gasteiger partial charge in [-0.3, -0.25) is 4.90 Å². The van der Waals surface area contributed by atoms with Gasteiger partial charge in [0.25, 0.3) is 0 Å². The molecule has 2 aliphatic rings. The number of hydrogen-bond acceptors (Lipinski definition) is 4. The number of piperazine rings is 1. The molecule has 3 rings (SSSR count). The molecule has 2 saturated heterocycles. The second-order valence-corrected chi connectivity index (χ2v) is 9.07. The molecule has 8 heteroatoms. The smallest absolute Gasteiger partial charge is 0.173 e. The van der Waals surface area contributed by atoms with E-state index in [1.165, 1.54) is 0 Å². The first-order valence-corrected chi connectivity index (χ1v) is 10.3. The molecule has 1 aromatic carbocycles. The van der Waals surface area contributed by atoms with Gasteiger partial charge in [-0.2, -0.15) is 0 Å². The van der Waals surface area contributed by atoms with Crippen LogP contribution in [0.1, 0.15) is 6.42 Å². The fraction of sp³-hybridized carbons (Fsp3) is 0.533. The Morgan fingerprint density at radius 3 is 2.39 bits per heavy atom. The van der Waals surface area contributed by atoms with Crippen LogP contribution in [0.3, 0.4) is 0 Å². The fourth-order valence-electron chi connectivity index (χ4n) is 3.09. The third-order valence-electron chi connectivity index (χ3n) is 4.42. The predicted octanol–water partition coefficient (Wildman–Crippen LogP) is 1.84. The molecule has 5 nitrogen and oxygen atoms in total. The first-order valence-electron chi connectivity index (χ1n) is 7.69. The molecule has 0 saturated carbocycles. The molecule has 126 valence electrons. The summed E-state index contributed by atoms with van der Waals surface area (Å²) in [6, 6.07) is 7.62. The molecule has 0 amide bonds. The van der Waals surface area contributed by atoms with E-state index in [1.807, 2.05) is 24.3 Å². The van der Waals surface area contributed by atoms with Crippen LogP contribution in [0.2, 0.25) is 5.02 Å².